The SMILES string of the molecule is Cc1cc(C)c(NC(=O)c2cnc(N3CCCC(C)C3)nc2)c(Cl)c1. The Bertz CT molecular complexity index is 752. The zero-order chi connectivity index (χ0) is 18.0. The summed E-state index contributed by atoms with van der Waals surface area (Å²) in [6, 6.07) is 3.82. The summed E-state index contributed by atoms with van der Waals surface area (Å²) in [5.74, 6) is 1.08. The van der Waals surface area contributed by atoms with Gasteiger partial charge < -0.3 is 10.2 Å². The Labute approximate surface area is 153 Å². The molecule has 1 N–H and O–H groups in total. The lowest BCUT2D eigenvalue weighted by atomic mass is 10.0. The molecule has 3 rings (SSSR count). The molecule has 1 aromatic heterocycles. The van der Waals surface area contributed by atoms with E-state index in [1.165, 1.54) is 6.42 Å². The van der Waals surface area contributed by atoms with Gasteiger partial charge in [-0.3, -0.25) is 4.79 Å². The molecule has 1 aromatic carbocycles. The first-order valence-electron chi connectivity index (χ1n) is 8.59. The number of nitrogens with zero attached hydrogens (tertiary/aromatic N) is 3. The summed E-state index contributed by atoms with van der Waals surface area (Å²) in [5, 5.41) is 3.40. The van der Waals surface area contributed by atoms with Crippen LogP contribution in [0, 0.1) is 19.8 Å². The summed E-state index contributed by atoms with van der Waals surface area (Å²) in [6.45, 7) is 8.06. The zero-order valence-electron chi connectivity index (χ0n) is 14.8. The number of aryl methyl sites for hydroxylation is 2. The monoisotopic (exact) mass is 358 g/mol. The summed E-state index contributed by atoms with van der Waals surface area (Å²) in [5.41, 5.74) is 3.04. The number of anilines is 2. The van der Waals surface area contributed by atoms with Gasteiger partial charge in [0.25, 0.3) is 5.91 Å². The van der Waals surface area contributed by atoms with E-state index in [0.717, 1.165) is 30.6 Å². The fraction of sp³-hybridized carbons (Fsp3) is 0.421. The molecule has 6 heteroatoms. The second kappa shape index (κ2) is 7.40. The lowest BCUT2D eigenvalue weighted by molar-refractivity contribution is 0.102. The van der Waals surface area contributed by atoms with E-state index in [1.54, 1.807) is 12.4 Å². The standard InChI is InChI=1S/C19H23ClN4O/c1-12-5-4-6-24(11-12)19-21-9-15(10-22-19)18(25)23-17-14(3)7-13(2)8-16(17)20/h7-10,12H,4-6,11H2,1-3H3,(H,23,25). The van der Waals surface area contributed by atoms with E-state index in [-0.39, 0.29) is 5.91 Å². The Morgan fingerprint density at radius 1 is 1.28 bits per heavy atom. The minimum atomic E-state index is -0.257. The molecule has 25 heavy (non-hydrogen) atoms. The third kappa shape index (κ3) is 4.10. The van der Waals surface area contributed by atoms with E-state index >= 15 is 0 Å². The normalized spacial score (nSPS) is 17.4. The molecule has 0 bridgehead atoms. The smallest absolute Gasteiger partial charge is 0.258 e. The molecule has 132 valence electrons. The molecule has 1 saturated heterocycles. The second-order valence-corrected chi connectivity index (χ2v) is 7.27. The number of aromatic nitrogens is 2. The van der Waals surface area contributed by atoms with Gasteiger partial charge in [-0.25, -0.2) is 9.97 Å². The van der Waals surface area contributed by atoms with Crippen LogP contribution < -0.4 is 10.2 Å². The maximum absolute atomic E-state index is 12.5. The molecule has 1 amide bonds. The molecule has 2 heterocycles. The number of nitrogens with one attached hydrogen (secondary N) is 1. The Balaban J connectivity index is 1.73. The van der Waals surface area contributed by atoms with E-state index in [1.807, 2.05) is 26.0 Å². The van der Waals surface area contributed by atoms with Crippen LogP contribution >= 0.6 is 11.6 Å². The Morgan fingerprint density at radius 3 is 2.64 bits per heavy atom. The van der Waals surface area contributed by atoms with Crippen molar-refractivity contribution in [2.75, 3.05) is 23.3 Å². The van der Waals surface area contributed by atoms with E-state index in [0.29, 0.717) is 28.1 Å². The molecule has 0 aliphatic carbocycles. The first-order chi connectivity index (χ1) is 11.9. The fourth-order valence-corrected chi connectivity index (χ4v) is 3.60. The largest absolute Gasteiger partial charge is 0.341 e. The molecule has 1 aliphatic heterocycles. The first kappa shape index (κ1) is 17.7. The summed E-state index contributed by atoms with van der Waals surface area (Å²) < 4.78 is 0. The van der Waals surface area contributed by atoms with Crippen LogP contribution in [0.25, 0.3) is 0 Å². The molecular formula is C19H23ClN4O. The topological polar surface area (TPSA) is 58.1 Å². The zero-order valence-corrected chi connectivity index (χ0v) is 15.6. The van der Waals surface area contributed by atoms with Crippen molar-refractivity contribution in [3.05, 3.63) is 46.2 Å². The quantitative estimate of drug-likeness (QED) is 0.891. The number of carbonyl (C=O) groups is 1. The number of halogens is 1. The highest BCUT2D eigenvalue weighted by atomic mass is 35.5. The van der Waals surface area contributed by atoms with E-state index in [4.69, 9.17) is 11.6 Å². The van der Waals surface area contributed by atoms with Crippen LogP contribution in [0.2, 0.25) is 5.02 Å². The third-order valence-corrected chi connectivity index (χ3v) is 4.81. The Morgan fingerprint density at radius 2 is 2.00 bits per heavy atom. The number of hydrogen-bond acceptors (Lipinski definition) is 4. The Kier molecular flexibility index (Phi) is 5.23. The lowest BCUT2D eigenvalue weighted by Gasteiger charge is -2.30. The molecular weight excluding hydrogens is 336 g/mol. The number of benzene rings is 1. The van der Waals surface area contributed by atoms with Gasteiger partial charge in [0.05, 0.1) is 16.3 Å². The van der Waals surface area contributed by atoms with Gasteiger partial charge >= 0.3 is 0 Å². The fourth-order valence-electron chi connectivity index (χ4n) is 3.23. The Hall–Kier alpha value is -2.14. The molecule has 0 spiro atoms. The van der Waals surface area contributed by atoms with Crippen LogP contribution in [0.15, 0.2) is 24.5 Å². The minimum absolute atomic E-state index is 0.257. The van der Waals surface area contributed by atoms with Crippen LogP contribution in [0.3, 0.4) is 0 Å². The molecule has 1 fully saturated rings. The van der Waals surface area contributed by atoms with Crippen molar-refractivity contribution in [1.82, 2.24) is 9.97 Å². The average molecular weight is 359 g/mol. The van der Waals surface area contributed by atoms with Gasteiger partial charge in [-0.15, -0.1) is 0 Å². The van der Waals surface area contributed by atoms with Gasteiger partial charge in [-0.1, -0.05) is 24.6 Å². The van der Waals surface area contributed by atoms with Crippen molar-refractivity contribution in [3.8, 4) is 0 Å². The van der Waals surface area contributed by atoms with Crippen LogP contribution in [-0.2, 0) is 0 Å². The predicted octanol–water partition coefficient (Wildman–Crippen LogP) is 4.24. The van der Waals surface area contributed by atoms with Gasteiger partial charge in [0, 0.05) is 25.5 Å². The minimum Gasteiger partial charge on any atom is -0.341 e. The molecule has 1 atom stereocenters. The summed E-state index contributed by atoms with van der Waals surface area (Å²) in [4.78, 5) is 23.4. The van der Waals surface area contributed by atoms with Crippen molar-refractivity contribution in [2.45, 2.75) is 33.6 Å². The van der Waals surface area contributed by atoms with Crippen molar-refractivity contribution in [1.29, 1.82) is 0 Å². The van der Waals surface area contributed by atoms with Crippen LogP contribution in [-0.4, -0.2) is 29.0 Å². The molecule has 1 aliphatic rings. The molecule has 0 saturated carbocycles. The van der Waals surface area contributed by atoms with Crippen molar-refractivity contribution in [3.63, 3.8) is 0 Å². The lowest BCUT2D eigenvalue weighted by Crippen LogP contribution is -2.35. The number of amides is 1. The van der Waals surface area contributed by atoms with Crippen LogP contribution in [0.1, 0.15) is 41.3 Å². The van der Waals surface area contributed by atoms with Crippen molar-refractivity contribution in [2.24, 2.45) is 5.92 Å². The number of hydrogen-bond donors (Lipinski definition) is 1. The van der Waals surface area contributed by atoms with E-state index in [2.05, 4.69) is 27.1 Å². The molecule has 5 nitrogen and oxygen atoms in total. The van der Waals surface area contributed by atoms with Crippen LogP contribution in [0.4, 0.5) is 11.6 Å². The number of carbonyl (C=O) groups excluding carboxylic acids is 1. The summed E-state index contributed by atoms with van der Waals surface area (Å²) in [6.07, 6.45) is 5.55. The molecule has 1 unspecified atom stereocenters. The van der Waals surface area contributed by atoms with Gasteiger partial charge in [0.1, 0.15) is 0 Å². The van der Waals surface area contributed by atoms with E-state index in [9.17, 15) is 4.79 Å². The van der Waals surface area contributed by atoms with Gasteiger partial charge in [-0.05, 0) is 49.8 Å². The van der Waals surface area contributed by atoms with Crippen molar-refractivity contribution < 1.29 is 4.79 Å². The second-order valence-electron chi connectivity index (χ2n) is 6.86. The third-order valence-electron chi connectivity index (χ3n) is 4.51. The average Bonchev–Trinajstić information content (AvgIpc) is 2.58. The van der Waals surface area contributed by atoms with Crippen LogP contribution in [0.5, 0.6) is 0 Å². The maximum Gasteiger partial charge on any atom is 0.258 e. The van der Waals surface area contributed by atoms with Crippen molar-refractivity contribution >= 4 is 29.1 Å². The summed E-state index contributed by atoms with van der Waals surface area (Å²) >= 11 is 6.25. The number of piperidine rings is 1. The summed E-state index contributed by atoms with van der Waals surface area (Å²) in [7, 11) is 0. The highest BCUT2D eigenvalue weighted by Crippen LogP contribution is 2.28. The first-order valence-corrected chi connectivity index (χ1v) is 8.97. The predicted molar refractivity (Wildman–Crippen MR) is 102 cm³/mol. The van der Waals surface area contributed by atoms with Gasteiger partial charge in [0.15, 0.2) is 0 Å². The highest BCUT2D eigenvalue weighted by Gasteiger charge is 2.19. The molecule has 0 radical (unpaired) electrons. The maximum atomic E-state index is 12.5. The highest BCUT2D eigenvalue weighted by molar-refractivity contribution is 6.34. The van der Waals surface area contributed by atoms with Gasteiger partial charge in [-0.2, -0.15) is 0 Å². The van der Waals surface area contributed by atoms with Gasteiger partial charge in [0.2, 0.25) is 5.95 Å². The molecule has 2 aromatic rings. The van der Waals surface area contributed by atoms with E-state index < -0.39 is 0 Å². The number of rotatable bonds is 3.